The Hall–Kier alpha value is -0.860. The largest absolute Gasteiger partial charge is 0.386 e. The molecule has 0 radical (unpaired) electrons. The molecule has 0 bridgehead atoms. The molecule has 2 heteroatoms. The van der Waals surface area contributed by atoms with E-state index in [9.17, 15) is 5.11 Å². The van der Waals surface area contributed by atoms with Crippen molar-refractivity contribution >= 4 is 0 Å². The summed E-state index contributed by atoms with van der Waals surface area (Å²) in [6, 6.07) is 8.04. The molecule has 1 aromatic rings. The molecule has 0 aromatic heterocycles. The van der Waals surface area contributed by atoms with Crippen LogP contribution in [-0.2, 0) is 11.1 Å². The Labute approximate surface area is 91.1 Å². The van der Waals surface area contributed by atoms with E-state index in [1.807, 2.05) is 18.2 Å². The van der Waals surface area contributed by atoms with Crippen molar-refractivity contribution in [1.29, 1.82) is 0 Å². The average Bonchev–Trinajstić information content (AvgIpc) is 2.13. The van der Waals surface area contributed by atoms with Crippen molar-refractivity contribution in [3.63, 3.8) is 0 Å². The molecule has 1 aliphatic rings. The van der Waals surface area contributed by atoms with E-state index in [2.05, 4.69) is 6.07 Å². The van der Waals surface area contributed by atoms with Gasteiger partial charge in [0.1, 0.15) is 0 Å². The Kier molecular flexibility index (Phi) is 2.36. The highest BCUT2D eigenvalue weighted by Crippen LogP contribution is 2.39. The van der Waals surface area contributed by atoms with Gasteiger partial charge in [-0.1, -0.05) is 24.3 Å². The third kappa shape index (κ3) is 1.92. The molecule has 82 valence electrons. The van der Waals surface area contributed by atoms with Crippen LogP contribution in [0.3, 0.4) is 0 Å². The molecule has 2 rings (SSSR count). The average molecular weight is 205 g/mol. The van der Waals surface area contributed by atoms with Crippen LogP contribution in [0.15, 0.2) is 24.3 Å². The summed E-state index contributed by atoms with van der Waals surface area (Å²) >= 11 is 0. The van der Waals surface area contributed by atoms with Gasteiger partial charge in [0.15, 0.2) is 0 Å². The van der Waals surface area contributed by atoms with Crippen molar-refractivity contribution in [2.75, 3.05) is 0 Å². The highest BCUT2D eigenvalue weighted by atomic mass is 16.3. The first-order valence-corrected chi connectivity index (χ1v) is 5.54. The van der Waals surface area contributed by atoms with Gasteiger partial charge in [0, 0.05) is 5.54 Å². The maximum absolute atomic E-state index is 9.93. The van der Waals surface area contributed by atoms with E-state index in [4.69, 9.17) is 5.73 Å². The fraction of sp³-hybridized carbons (Fsp3) is 0.538. The molecular formula is C13H19NO. The molecule has 3 N–H and O–H groups in total. The van der Waals surface area contributed by atoms with Gasteiger partial charge in [0.25, 0.3) is 0 Å². The molecule has 0 saturated heterocycles. The van der Waals surface area contributed by atoms with Crippen LogP contribution in [-0.4, -0.2) is 5.11 Å². The predicted molar refractivity (Wildman–Crippen MR) is 61.4 cm³/mol. The smallest absolute Gasteiger partial charge is 0.0840 e. The van der Waals surface area contributed by atoms with Gasteiger partial charge >= 0.3 is 0 Å². The monoisotopic (exact) mass is 205 g/mol. The summed E-state index contributed by atoms with van der Waals surface area (Å²) in [7, 11) is 0. The van der Waals surface area contributed by atoms with E-state index in [0.29, 0.717) is 0 Å². The van der Waals surface area contributed by atoms with E-state index >= 15 is 0 Å². The van der Waals surface area contributed by atoms with E-state index in [0.717, 1.165) is 24.0 Å². The minimum absolute atomic E-state index is 0.138. The van der Waals surface area contributed by atoms with Gasteiger partial charge in [0.05, 0.1) is 5.60 Å². The normalized spacial score (nSPS) is 19.7. The number of hydrogen-bond donors (Lipinski definition) is 2. The molecule has 0 unspecified atom stereocenters. The van der Waals surface area contributed by atoms with Crippen molar-refractivity contribution in [2.24, 2.45) is 5.73 Å². The Morgan fingerprint density at radius 3 is 2.47 bits per heavy atom. The summed E-state index contributed by atoms with van der Waals surface area (Å²) in [4.78, 5) is 0. The van der Waals surface area contributed by atoms with E-state index < -0.39 is 5.60 Å². The Balaban J connectivity index is 2.35. The van der Waals surface area contributed by atoms with Crippen molar-refractivity contribution in [2.45, 2.75) is 44.2 Å². The van der Waals surface area contributed by atoms with E-state index in [1.54, 1.807) is 13.8 Å². The van der Waals surface area contributed by atoms with Gasteiger partial charge in [0.2, 0.25) is 0 Å². The zero-order valence-corrected chi connectivity index (χ0v) is 9.46. The van der Waals surface area contributed by atoms with Gasteiger partial charge in [-0.3, -0.25) is 0 Å². The number of hydrogen-bond acceptors (Lipinski definition) is 2. The molecule has 1 aliphatic carbocycles. The molecular weight excluding hydrogens is 186 g/mol. The minimum atomic E-state index is -0.782. The van der Waals surface area contributed by atoms with Crippen LogP contribution >= 0.6 is 0 Å². The second-order valence-corrected chi connectivity index (χ2v) is 5.15. The van der Waals surface area contributed by atoms with Gasteiger partial charge in [-0.15, -0.1) is 0 Å². The van der Waals surface area contributed by atoms with Crippen molar-refractivity contribution in [1.82, 2.24) is 0 Å². The van der Waals surface area contributed by atoms with Crippen LogP contribution in [0, 0.1) is 0 Å². The number of nitrogens with two attached hydrogens (primary N) is 1. The lowest BCUT2D eigenvalue weighted by Gasteiger charge is -2.39. The van der Waals surface area contributed by atoms with Crippen molar-refractivity contribution in [3.05, 3.63) is 35.4 Å². The number of aliphatic hydroxyl groups is 1. The number of rotatable bonds is 2. The zero-order valence-electron chi connectivity index (χ0n) is 9.46. The molecule has 0 atom stereocenters. The van der Waals surface area contributed by atoms with Crippen LogP contribution < -0.4 is 5.73 Å². The molecule has 15 heavy (non-hydrogen) atoms. The summed E-state index contributed by atoms with van der Waals surface area (Å²) in [5.74, 6) is 0. The second-order valence-electron chi connectivity index (χ2n) is 5.15. The maximum atomic E-state index is 9.93. The van der Waals surface area contributed by atoms with Crippen LogP contribution in [0.25, 0.3) is 0 Å². The molecule has 0 amide bonds. The van der Waals surface area contributed by atoms with Crippen LogP contribution in [0.1, 0.15) is 44.2 Å². The lowest BCUT2D eigenvalue weighted by Crippen LogP contribution is -2.43. The van der Waals surface area contributed by atoms with Gasteiger partial charge < -0.3 is 10.8 Å². The first-order chi connectivity index (χ1) is 6.92. The van der Waals surface area contributed by atoms with Gasteiger partial charge in [-0.05, 0) is 44.2 Å². The zero-order chi connectivity index (χ0) is 11.1. The highest BCUT2D eigenvalue weighted by Gasteiger charge is 2.34. The molecule has 1 aromatic carbocycles. The Bertz CT molecular complexity index is 361. The van der Waals surface area contributed by atoms with Crippen LogP contribution in [0.4, 0.5) is 0 Å². The topological polar surface area (TPSA) is 46.2 Å². The molecule has 2 nitrogen and oxygen atoms in total. The lowest BCUT2D eigenvalue weighted by atomic mass is 9.72. The van der Waals surface area contributed by atoms with Crippen molar-refractivity contribution < 1.29 is 5.11 Å². The summed E-state index contributed by atoms with van der Waals surface area (Å²) in [6.07, 6.45) is 3.33. The van der Waals surface area contributed by atoms with Crippen LogP contribution in [0.2, 0.25) is 0 Å². The lowest BCUT2D eigenvalue weighted by molar-refractivity contribution is 0.0782. The summed E-state index contributed by atoms with van der Waals surface area (Å²) < 4.78 is 0. The molecule has 1 fully saturated rings. The molecule has 0 aliphatic heterocycles. The quantitative estimate of drug-likeness (QED) is 0.778. The predicted octanol–water partition coefficient (Wildman–Crippen LogP) is 2.25. The molecule has 0 spiro atoms. The molecule has 0 heterocycles. The van der Waals surface area contributed by atoms with Gasteiger partial charge in [-0.25, -0.2) is 0 Å². The Morgan fingerprint density at radius 1 is 1.33 bits per heavy atom. The maximum Gasteiger partial charge on any atom is 0.0840 e. The first kappa shape index (κ1) is 10.7. The van der Waals surface area contributed by atoms with E-state index in [-0.39, 0.29) is 5.54 Å². The van der Waals surface area contributed by atoms with Crippen LogP contribution in [0.5, 0.6) is 0 Å². The summed E-state index contributed by atoms with van der Waals surface area (Å²) in [5.41, 5.74) is 7.44. The third-order valence-electron chi connectivity index (χ3n) is 3.39. The number of benzene rings is 1. The molecule has 1 saturated carbocycles. The second kappa shape index (κ2) is 3.32. The fourth-order valence-corrected chi connectivity index (χ4v) is 2.06. The first-order valence-electron chi connectivity index (χ1n) is 5.54. The summed E-state index contributed by atoms with van der Waals surface area (Å²) in [5, 5.41) is 9.93. The summed E-state index contributed by atoms with van der Waals surface area (Å²) in [6.45, 7) is 3.60. The third-order valence-corrected chi connectivity index (χ3v) is 3.39. The Morgan fingerprint density at radius 2 is 2.00 bits per heavy atom. The van der Waals surface area contributed by atoms with E-state index in [1.165, 1.54) is 6.42 Å². The fourth-order valence-electron chi connectivity index (χ4n) is 2.06. The van der Waals surface area contributed by atoms with Crippen molar-refractivity contribution in [3.8, 4) is 0 Å². The SMILES string of the molecule is CC(C)(O)c1cccc(C2(N)CCC2)c1. The standard InChI is InChI=1S/C13H19NO/c1-12(2,15)10-5-3-6-11(9-10)13(14)7-4-8-13/h3,5-6,9,15H,4,7-8,14H2,1-2H3. The minimum Gasteiger partial charge on any atom is -0.386 e. The van der Waals surface area contributed by atoms with Gasteiger partial charge in [-0.2, -0.15) is 0 Å². The highest BCUT2D eigenvalue weighted by molar-refractivity contribution is 5.33.